The molecule has 3 heteroatoms. The molecule has 0 radical (unpaired) electrons. The summed E-state index contributed by atoms with van der Waals surface area (Å²) >= 11 is 0. The largest absolute Gasteiger partial charge is 0.482 e. The molecule has 2 rings (SSSR count). The number of hydrogen-bond donors (Lipinski definition) is 0. The predicted octanol–water partition coefficient (Wildman–Crippen LogP) is 4.75. The Balaban J connectivity index is 1.82. The summed E-state index contributed by atoms with van der Waals surface area (Å²) in [6, 6.07) is 15.4. The first-order valence-electron chi connectivity index (χ1n) is 8.11. The van der Waals surface area contributed by atoms with Crippen LogP contribution in [0.3, 0.4) is 0 Å². The monoisotopic (exact) mass is 312 g/mol. The zero-order chi connectivity index (χ0) is 16.7. The van der Waals surface area contributed by atoms with Crippen LogP contribution in [0.25, 0.3) is 0 Å². The lowest BCUT2D eigenvalue weighted by Gasteiger charge is -2.09. The highest BCUT2D eigenvalue weighted by atomic mass is 16.6. The van der Waals surface area contributed by atoms with Crippen molar-refractivity contribution >= 4 is 5.97 Å². The number of hydrogen-bond acceptors (Lipinski definition) is 3. The molecule has 0 fully saturated rings. The van der Waals surface area contributed by atoms with E-state index in [9.17, 15) is 4.79 Å². The SMILES string of the molecule is CCCc1ccc(OCC(=O)Oc2ccc(C(C)C)cc2)cc1. The quantitative estimate of drug-likeness (QED) is 0.547. The molecule has 0 atom stereocenters. The van der Waals surface area contributed by atoms with E-state index in [-0.39, 0.29) is 6.61 Å². The average Bonchev–Trinajstić information content (AvgIpc) is 2.55. The van der Waals surface area contributed by atoms with E-state index in [1.54, 1.807) is 0 Å². The molecule has 0 heterocycles. The molecule has 0 bridgehead atoms. The number of carbonyl (C=O) groups excluding carboxylic acids is 1. The Morgan fingerprint density at radius 3 is 2.13 bits per heavy atom. The van der Waals surface area contributed by atoms with Crippen molar-refractivity contribution in [3.8, 4) is 11.5 Å². The van der Waals surface area contributed by atoms with Gasteiger partial charge in [-0.1, -0.05) is 51.5 Å². The standard InChI is InChI=1S/C20H24O3/c1-4-5-16-6-10-18(11-7-16)22-14-20(21)23-19-12-8-17(9-13-19)15(2)3/h6-13,15H,4-5,14H2,1-3H3. The molecule has 0 unspecified atom stereocenters. The van der Waals surface area contributed by atoms with E-state index in [0.717, 1.165) is 12.8 Å². The Labute approximate surface area is 138 Å². The third kappa shape index (κ3) is 5.44. The zero-order valence-corrected chi connectivity index (χ0v) is 14.0. The van der Waals surface area contributed by atoms with Crippen molar-refractivity contribution in [2.45, 2.75) is 39.5 Å². The van der Waals surface area contributed by atoms with Crippen LogP contribution in [0.15, 0.2) is 48.5 Å². The lowest BCUT2D eigenvalue weighted by atomic mass is 10.0. The molecule has 0 saturated carbocycles. The minimum absolute atomic E-state index is 0.0982. The Kier molecular flexibility index (Phi) is 6.21. The van der Waals surface area contributed by atoms with Crippen LogP contribution in [0.4, 0.5) is 0 Å². The van der Waals surface area contributed by atoms with E-state index < -0.39 is 5.97 Å². The van der Waals surface area contributed by atoms with Crippen LogP contribution in [0.2, 0.25) is 0 Å². The number of ether oxygens (including phenoxy) is 2. The van der Waals surface area contributed by atoms with Crippen LogP contribution < -0.4 is 9.47 Å². The van der Waals surface area contributed by atoms with Gasteiger partial charge in [-0.15, -0.1) is 0 Å². The van der Waals surface area contributed by atoms with Gasteiger partial charge in [0.05, 0.1) is 0 Å². The van der Waals surface area contributed by atoms with E-state index in [1.165, 1.54) is 11.1 Å². The first-order chi connectivity index (χ1) is 11.1. The van der Waals surface area contributed by atoms with Crippen molar-refractivity contribution in [1.29, 1.82) is 0 Å². The van der Waals surface area contributed by atoms with Crippen molar-refractivity contribution in [3.63, 3.8) is 0 Å². The smallest absolute Gasteiger partial charge is 0.349 e. The summed E-state index contributed by atoms with van der Waals surface area (Å²) in [6.07, 6.45) is 2.16. The molecule has 0 aliphatic heterocycles. The molecule has 0 aromatic heterocycles. The Morgan fingerprint density at radius 1 is 0.957 bits per heavy atom. The number of rotatable bonds is 7. The first kappa shape index (κ1) is 17.1. The van der Waals surface area contributed by atoms with Gasteiger partial charge >= 0.3 is 5.97 Å². The van der Waals surface area contributed by atoms with Gasteiger partial charge in [-0.05, 0) is 47.7 Å². The van der Waals surface area contributed by atoms with Gasteiger partial charge in [-0.25, -0.2) is 4.79 Å². The van der Waals surface area contributed by atoms with Crippen LogP contribution in [0.1, 0.15) is 44.2 Å². The van der Waals surface area contributed by atoms with E-state index in [2.05, 4.69) is 20.8 Å². The minimum Gasteiger partial charge on any atom is -0.482 e. The van der Waals surface area contributed by atoms with Gasteiger partial charge in [-0.2, -0.15) is 0 Å². The van der Waals surface area contributed by atoms with Gasteiger partial charge in [0.2, 0.25) is 0 Å². The fraction of sp³-hybridized carbons (Fsp3) is 0.350. The summed E-state index contributed by atoms with van der Waals surface area (Å²) in [6.45, 7) is 6.30. The zero-order valence-electron chi connectivity index (χ0n) is 14.0. The van der Waals surface area contributed by atoms with Crippen molar-refractivity contribution in [3.05, 3.63) is 59.7 Å². The fourth-order valence-corrected chi connectivity index (χ4v) is 2.26. The fourth-order valence-electron chi connectivity index (χ4n) is 2.26. The molecule has 3 nitrogen and oxygen atoms in total. The molecule has 0 saturated heterocycles. The summed E-state index contributed by atoms with van der Waals surface area (Å²) in [4.78, 5) is 11.8. The average molecular weight is 312 g/mol. The Bertz CT molecular complexity index is 612. The normalized spacial score (nSPS) is 10.6. The second-order valence-corrected chi connectivity index (χ2v) is 5.88. The lowest BCUT2D eigenvalue weighted by Crippen LogP contribution is -2.17. The van der Waals surface area contributed by atoms with Gasteiger partial charge < -0.3 is 9.47 Å². The van der Waals surface area contributed by atoms with E-state index in [0.29, 0.717) is 17.4 Å². The van der Waals surface area contributed by atoms with Crippen molar-refractivity contribution < 1.29 is 14.3 Å². The van der Waals surface area contributed by atoms with Crippen LogP contribution in [0.5, 0.6) is 11.5 Å². The third-order valence-electron chi connectivity index (χ3n) is 3.60. The summed E-state index contributed by atoms with van der Waals surface area (Å²) in [5, 5.41) is 0. The highest BCUT2D eigenvalue weighted by Gasteiger charge is 2.07. The van der Waals surface area contributed by atoms with Crippen molar-refractivity contribution in [2.24, 2.45) is 0 Å². The third-order valence-corrected chi connectivity index (χ3v) is 3.60. The maximum absolute atomic E-state index is 11.8. The second kappa shape index (κ2) is 8.37. The summed E-state index contributed by atoms with van der Waals surface area (Å²) in [7, 11) is 0. The summed E-state index contributed by atoms with van der Waals surface area (Å²) in [5.74, 6) is 1.27. The maximum atomic E-state index is 11.8. The van der Waals surface area contributed by atoms with Gasteiger partial charge in [-0.3, -0.25) is 0 Å². The molecule has 2 aromatic rings. The van der Waals surface area contributed by atoms with Crippen LogP contribution in [0, 0.1) is 0 Å². The first-order valence-corrected chi connectivity index (χ1v) is 8.11. The number of carbonyl (C=O) groups is 1. The van der Waals surface area contributed by atoms with Crippen LogP contribution in [-0.2, 0) is 11.2 Å². The van der Waals surface area contributed by atoms with Crippen LogP contribution in [-0.4, -0.2) is 12.6 Å². The second-order valence-electron chi connectivity index (χ2n) is 5.88. The molecule has 0 aliphatic rings. The topological polar surface area (TPSA) is 35.5 Å². The van der Waals surface area contributed by atoms with Crippen LogP contribution >= 0.6 is 0 Å². The Morgan fingerprint density at radius 2 is 1.57 bits per heavy atom. The molecule has 0 spiro atoms. The van der Waals surface area contributed by atoms with E-state index >= 15 is 0 Å². The highest BCUT2D eigenvalue weighted by Crippen LogP contribution is 2.19. The van der Waals surface area contributed by atoms with Crippen molar-refractivity contribution in [1.82, 2.24) is 0 Å². The molecule has 0 aliphatic carbocycles. The molecule has 122 valence electrons. The molecular formula is C20H24O3. The summed E-state index contributed by atoms with van der Waals surface area (Å²) in [5.41, 5.74) is 2.49. The molecule has 2 aromatic carbocycles. The minimum atomic E-state index is -0.403. The number of aryl methyl sites for hydroxylation is 1. The predicted molar refractivity (Wildman–Crippen MR) is 92.1 cm³/mol. The van der Waals surface area contributed by atoms with E-state index in [4.69, 9.17) is 9.47 Å². The van der Waals surface area contributed by atoms with Gasteiger partial charge in [0, 0.05) is 0 Å². The highest BCUT2D eigenvalue weighted by molar-refractivity contribution is 5.73. The molecule has 0 N–H and O–H groups in total. The van der Waals surface area contributed by atoms with Gasteiger partial charge in [0.1, 0.15) is 11.5 Å². The van der Waals surface area contributed by atoms with Gasteiger partial charge in [0.25, 0.3) is 0 Å². The molecule has 23 heavy (non-hydrogen) atoms. The molecular weight excluding hydrogens is 288 g/mol. The number of esters is 1. The van der Waals surface area contributed by atoms with Gasteiger partial charge in [0.15, 0.2) is 6.61 Å². The molecule has 0 amide bonds. The maximum Gasteiger partial charge on any atom is 0.349 e. The number of benzene rings is 2. The summed E-state index contributed by atoms with van der Waals surface area (Å²) < 4.78 is 10.7. The Hall–Kier alpha value is -2.29. The van der Waals surface area contributed by atoms with Crippen molar-refractivity contribution in [2.75, 3.05) is 6.61 Å². The lowest BCUT2D eigenvalue weighted by molar-refractivity contribution is -0.136. The van der Waals surface area contributed by atoms with E-state index in [1.807, 2.05) is 48.5 Å².